The molecule has 0 fully saturated rings. The molecule has 0 nitrogen and oxygen atoms in total. The third-order valence-corrected chi connectivity index (χ3v) is 5.12. The molecule has 2 atom stereocenters. The maximum atomic E-state index is 6.69. The van der Waals surface area contributed by atoms with Crippen LogP contribution in [-0.4, -0.2) is 0 Å². The summed E-state index contributed by atoms with van der Waals surface area (Å²) in [6.45, 7) is 0. The maximum absolute atomic E-state index is 6.69. The van der Waals surface area contributed by atoms with Gasteiger partial charge in [0.25, 0.3) is 0 Å². The quantitative estimate of drug-likeness (QED) is 0.633. The van der Waals surface area contributed by atoms with Gasteiger partial charge in [0.2, 0.25) is 0 Å². The summed E-state index contributed by atoms with van der Waals surface area (Å²) in [4.78, 5) is 0. The lowest BCUT2D eigenvalue weighted by atomic mass is 9.80. The SMILES string of the molecule is ClC(c1ccc(Br)cc1)C1CCc2ccccc2C1. The molecule has 0 heterocycles. The van der Waals surface area contributed by atoms with E-state index in [0.717, 1.165) is 17.3 Å². The van der Waals surface area contributed by atoms with Crippen LogP contribution in [0.15, 0.2) is 53.0 Å². The smallest absolute Gasteiger partial charge is 0.0616 e. The van der Waals surface area contributed by atoms with Crippen molar-refractivity contribution in [3.05, 3.63) is 69.7 Å². The van der Waals surface area contributed by atoms with Crippen molar-refractivity contribution in [2.75, 3.05) is 0 Å². The van der Waals surface area contributed by atoms with Crippen molar-refractivity contribution in [1.29, 1.82) is 0 Å². The minimum atomic E-state index is 0.112. The number of hydrogen-bond acceptors (Lipinski definition) is 0. The van der Waals surface area contributed by atoms with Gasteiger partial charge in [0.05, 0.1) is 5.38 Å². The fourth-order valence-corrected chi connectivity index (χ4v) is 3.52. The molecule has 0 radical (unpaired) electrons. The van der Waals surface area contributed by atoms with Gasteiger partial charge in [0.15, 0.2) is 0 Å². The molecule has 0 aromatic heterocycles. The van der Waals surface area contributed by atoms with Crippen molar-refractivity contribution < 1.29 is 0 Å². The standard InChI is InChI=1S/C17H16BrCl/c18-16-9-7-13(8-10-16)17(19)15-6-5-12-3-1-2-4-14(12)11-15/h1-4,7-10,15,17H,5-6,11H2. The van der Waals surface area contributed by atoms with E-state index >= 15 is 0 Å². The van der Waals surface area contributed by atoms with E-state index in [-0.39, 0.29) is 5.38 Å². The maximum Gasteiger partial charge on any atom is 0.0616 e. The van der Waals surface area contributed by atoms with E-state index in [2.05, 4.69) is 64.5 Å². The first-order chi connectivity index (χ1) is 9.24. The molecule has 1 aliphatic carbocycles. The summed E-state index contributed by atoms with van der Waals surface area (Å²) < 4.78 is 1.11. The van der Waals surface area contributed by atoms with Crippen molar-refractivity contribution in [2.24, 2.45) is 5.92 Å². The molecule has 98 valence electrons. The molecule has 0 spiro atoms. The molecule has 0 aliphatic heterocycles. The monoisotopic (exact) mass is 334 g/mol. The Hall–Kier alpha value is -0.790. The van der Waals surface area contributed by atoms with Crippen molar-refractivity contribution >= 4 is 27.5 Å². The molecule has 0 saturated carbocycles. The van der Waals surface area contributed by atoms with Crippen LogP contribution in [0.25, 0.3) is 0 Å². The molecule has 2 heteroatoms. The average Bonchev–Trinajstić information content (AvgIpc) is 2.47. The van der Waals surface area contributed by atoms with Gasteiger partial charge in [-0.25, -0.2) is 0 Å². The molecular weight excluding hydrogens is 320 g/mol. The predicted octanol–water partition coefficient (Wildman–Crippen LogP) is 5.53. The topological polar surface area (TPSA) is 0 Å². The summed E-state index contributed by atoms with van der Waals surface area (Å²) >= 11 is 10.2. The van der Waals surface area contributed by atoms with E-state index in [4.69, 9.17) is 11.6 Å². The third-order valence-electron chi connectivity index (χ3n) is 3.99. The molecule has 0 saturated heterocycles. The molecule has 0 bridgehead atoms. The first-order valence-corrected chi connectivity index (χ1v) is 7.93. The fraction of sp³-hybridized carbons (Fsp3) is 0.294. The Kier molecular flexibility index (Phi) is 3.95. The zero-order chi connectivity index (χ0) is 13.2. The van der Waals surface area contributed by atoms with Crippen molar-refractivity contribution in [3.8, 4) is 0 Å². The zero-order valence-corrected chi connectivity index (χ0v) is 13.0. The van der Waals surface area contributed by atoms with E-state index in [1.54, 1.807) is 0 Å². The summed E-state index contributed by atoms with van der Waals surface area (Å²) in [5, 5.41) is 0.112. The molecule has 2 unspecified atom stereocenters. The Morgan fingerprint density at radius 1 is 1.00 bits per heavy atom. The highest BCUT2D eigenvalue weighted by atomic mass is 79.9. The Morgan fingerprint density at radius 3 is 2.42 bits per heavy atom. The first-order valence-electron chi connectivity index (χ1n) is 6.70. The normalized spacial score (nSPS) is 19.8. The van der Waals surface area contributed by atoms with E-state index in [1.807, 2.05) is 0 Å². The summed E-state index contributed by atoms with van der Waals surface area (Å²) in [5.74, 6) is 0.540. The summed E-state index contributed by atoms with van der Waals surface area (Å²) in [6, 6.07) is 17.1. The third kappa shape index (κ3) is 2.88. The van der Waals surface area contributed by atoms with E-state index in [0.29, 0.717) is 5.92 Å². The highest BCUT2D eigenvalue weighted by Gasteiger charge is 2.25. The Bertz CT molecular complexity index is 562. The van der Waals surface area contributed by atoms with Crippen LogP contribution in [0.1, 0.15) is 28.5 Å². The molecule has 0 amide bonds. The lowest BCUT2D eigenvalue weighted by Crippen LogP contribution is -2.18. The van der Waals surface area contributed by atoms with Crippen LogP contribution in [0.4, 0.5) is 0 Å². The summed E-state index contributed by atoms with van der Waals surface area (Å²) in [6.07, 6.45) is 3.43. The van der Waals surface area contributed by atoms with Gasteiger partial charge in [0, 0.05) is 4.47 Å². The van der Waals surface area contributed by atoms with Crippen LogP contribution < -0.4 is 0 Å². The predicted molar refractivity (Wildman–Crippen MR) is 84.7 cm³/mol. The zero-order valence-electron chi connectivity index (χ0n) is 10.7. The minimum absolute atomic E-state index is 0.112. The average molecular weight is 336 g/mol. The van der Waals surface area contributed by atoms with Crippen LogP contribution >= 0.6 is 27.5 Å². The van der Waals surface area contributed by atoms with E-state index < -0.39 is 0 Å². The highest BCUT2D eigenvalue weighted by Crippen LogP contribution is 2.38. The van der Waals surface area contributed by atoms with Gasteiger partial charge in [0.1, 0.15) is 0 Å². The number of benzene rings is 2. The fourth-order valence-electron chi connectivity index (χ4n) is 2.89. The van der Waals surface area contributed by atoms with Crippen molar-refractivity contribution in [2.45, 2.75) is 24.6 Å². The summed E-state index contributed by atoms with van der Waals surface area (Å²) in [7, 11) is 0. The number of alkyl halides is 1. The van der Waals surface area contributed by atoms with Gasteiger partial charge in [-0.15, -0.1) is 11.6 Å². The number of fused-ring (bicyclic) bond motifs is 1. The molecule has 0 N–H and O–H groups in total. The van der Waals surface area contributed by atoms with Crippen molar-refractivity contribution in [3.63, 3.8) is 0 Å². The van der Waals surface area contributed by atoms with E-state index in [1.165, 1.54) is 23.1 Å². The van der Waals surface area contributed by atoms with Crippen molar-refractivity contribution in [1.82, 2.24) is 0 Å². The van der Waals surface area contributed by atoms with Crippen LogP contribution in [0.2, 0.25) is 0 Å². The van der Waals surface area contributed by atoms with Gasteiger partial charge >= 0.3 is 0 Å². The Labute approximate surface area is 127 Å². The van der Waals surface area contributed by atoms with Gasteiger partial charge in [-0.1, -0.05) is 52.3 Å². The number of hydrogen-bond donors (Lipinski definition) is 0. The molecule has 1 aliphatic rings. The molecule has 2 aromatic carbocycles. The van der Waals surface area contributed by atoms with Gasteiger partial charge in [-0.2, -0.15) is 0 Å². The van der Waals surface area contributed by atoms with Crippen LogP contribution in [0, 0.1) is 5.92 Å². The Morgan fingerprint density at radius 2 is 1.68 bits per heavy atom. The molecule has 2 aromatic rings. The molecule has 3 rings (SSSR count). The van der Waals surface area contributed by atoms with Crippen LogP contribution in [0.3, 0.4) is 0 Å². The van der Waals surface area contributed by atoms with E-state index in [9.17, 15) is 0 Å². The Balaban J connectivity index is 1.79. The second-order valence-corrected chi connectivity index (χ2v) is 6.61. The number of halogens is 2. The largest absolute Gasteiger partial charge is 0.118 e. The van der Waals surface area contributed by atoms with Gasteiger partial charge < -0.3 is 0 Å². The molecular formula is C17H16BrCl. The number of aryl methyl sites for hydroxylation is 1. The minimum Gasteiger partial charge on any atom is -0.118 e. The lowest BCUT2D eigenvalue weighted by molar-refractivity contribution is 0.443. The highest BCUT2D eigenvalue weighted by molar-refractivity contribution is 9.10. The summed E-state index contributed by atoms with van der Waals surface area (Å²) in [5.41, 5.74) is 4.20. The van der Waals surface area contributed by atoms with Gasteiger partial charge in [-0.3, -0.25) is 0 Å². The second kappa shape index (κ2) is 5.68. The second-order valence-electron chi connectivity index (χ2n) is 5.22. The van der Waals surface area contributed by atoms with Gasteiger partial charge in [-0.05, 0) is 54.0 Å². The van der Waals surface area contributed by atoms with Crippen LogP contribution in [-0.2, 0) is 12.8 Å². The number of rotatable bonds is 2. The lowest BCUT2D eigenvalue weighted by Gasteiger charge is -2.28. The first kappa shape index (κ1) is 13.2. The molecule has 19 heavy (non-hydrogen) atoms. The van der Waals surface area contributed by atoms with Crippen LogP contribution in [0.5, 0.6) is 0 Å².